The van der Waals surface area contributed by atoms with Crippen LogP contribution in [0.25, 0.3) is 11.6 Å². The van der Waals surface area contributed by atoms with Crippen molar-refractivity contribution in [3.63, 3.8) is 0 Å². The number of rotatable bonds is 2. The molecule has 0 aromatic heterocycles. The predicted molar refractivity (Wildman–Crippen MR) is 99.8 cm³/mol. The Morgan fingerprint density at radius 1 is 1.04 bits per heavy atom. The summed E-state index contributed by atoms with van der Waals surface area (Å²) in [5, 5.41) is 0.166. The third-order valence-electron chi connectivity index (χ3n) is 5.03. The normalized spacial score (nSPS) is 18.7. The van der Waals surface area contributed by atoms with Gasteiger partial charge in [-0.3, -0.25) is 0 Å². The number of benzene rings is 2. The summed E-state index contributed by atoms with van der Waals surface area (Å²) in [5.74, 6) is 0.113. The van der Waals surface area contributed by atoms with Crippen molar-refractivity contribution in [2.24, 2.45) is 5.92 Å². The Bertz CT molecular complexity index is 977. The number of hydrogen-bond acceptors (Lipinski definition) is 0. The van der Waals surface area contributed by atoms with E-state index in [0.717, 1.165) is 17.7 Å². The van der Waals surface area contributed by atoms with Crippen LogP contribution in [0.1, 0.15) is 29.2 Å². The predicted octanol–water partition coefficient (Wildman–Crippen LogP) is 6.96. The van der Waals surface area contributed by atoms with Gasteiger partial charge in [0.25, 0.3) is 0 Å². The smallest absolute Gasteiger partial charge is 0.166 e. The minimum atomic E-state index is -4.38. The zero-order valence-corrected chi connectivity index (χ0v) is 14.8. The second kappa shape index (κ2) is 6.17. The maximum absolute atomic E-state index is 12.8. The average molecular weight is 373 g/mol. The molecule has 0 spiro atoms. The molecule has 0 heterocycles. The standard InChI is InChI=1S/C22H16ClF3/c1-13-8-17-9-14-4-2-3-5-19(14)20(17)11-16(13)10-15-6-7-18(12-21(15)23)22(24,25)26/h2-9,11-12,16H,10H2,1H3. The van der Waals surface area contributed by atoms with E-state index in [1.165, 1.54) is 33.9 Å². The van der Waals surface area contributed by atoms with Crippen LogP contribution in [0.3, 0.4) is 0 Å². The van der Waals surface area contributed by atoms with Crippen LogP contribution in [-0.2, 0) is 12.6 Å². The third-order valence-corrected chi connectivity index (χ3v) is 5.38. The van der Waals surface area contributed by atoms with Gasteiger partial charge in [-0.15, -0.1) is 0 Å². The van der Waals surface area contributed by atoms with Crippen molar-refractivity contribution >= 4 is 23.3 Å². The lowest BCUT2D eigenvalue weighted by molar-refractivity contribution is -0.137. The van der Waals surface area contributed by atoms with Crippen LogP contribution in [0.2, 0.25) is 5.02 Å². The molecule has 0 amide bonds. The molecule has 2 aromatic carbocycles. The van der Waals surface area contributed by atoms with Gasteiger partial charge in [0.15, 0.2) is 0 Å². The van der Waals surface area contributed by atoms with Crippen LogP contribution in [0.4, 0.5) is 13.2 Å². The fraction of sp³-hybridized carbons (Fsp3) is 0.182. The fourth-order valence-corrected chi connectivity index (χ4v) is 3.86. The quantitative estimate of drug-likeness (QED) is 0.534. The van der Waals surface area contributed by atoms with Gasteiger partial charge in [0.05, 0.1) is 5.56 Å². The molecule has 0 bridgehead atoms. The SMILES string of the molecule is CC1=CC2=Cc3ccccc3C2=CC1Cc1ccc(C(F)(F)F)cc1Cl. The lowest BCUT2D eigenvalue weighted by Crippen LogP contribution is -2.10. The maximum Gasteiger partial charge on any atom is 0.416 e. The summed E-state index contributed by atoms with van der Waals surface area (Å²) in [6.07, 6.45) is 2.75. The van der Waals surface area contributed by atoms with E-state index in [1.807, 2.05) is 12.1 Å². The fourth-order valence-electron chi connectivity index (χ4n) is 3.61. The topological polar surface area (TPSA) is 0 Å². The highest BCUT2D eigenvalue weighted by Gasteiger charge is 2.31. The van der Waals surface area contributed by atoms with Crippen molar-refractivity contribution in [3.8, 4) is 0 Å². The molecule has 4 rings (SSSR count). The van der Waals surface area contributed by atoms with Crippen LogP contribution in [0, 0.1) is 5.92 Å². The molecule has 0 nitrogen and oxygen atoms in total. The van der Waals surface area contributed by atoms with E-state index >= 15 is 0 Å². The van der Waals surface area contributed by atoms with Crippen LogP contribution in [0.15, 0.2) is 65.8 Å². The van der Waals surface area contributed by atoms with Gasteiger partial charge >= 0.3 is 6.18 Å². The number of halogens is 4. The molecule has 0 saturated carbocycles. The van der Waals surface area contributed by atoms with Gasteiger partial charge in [-0.2, -0.15) is 13.2 Å². The first-order valence-electron chi connectivity index (χ1n) is 8.40. The number of alkyl halides is 3. The highest BCUT2D eigenvalue weighted by molar-refractivity contribution is 6.31. The Morgan fingerprint density at radius 2 is 1.81 bits per heavy atom. The van der Waals surface area contributed by atoms with E-state index < -0.39 is 11.7 Å². The van der Waals surface area contributed by atoms with Crippen LogP contribution in [-0.4, -0.2) is 0 Å². The molecule has 2 aliphatic rings. The summed E-state index contributed by atoms with van der Waals surface area (Å²) in [4.78, 5) is 0. The van der Waals surface area contributed by atoms with Crippen LogP contribution < -0.4 is 0 Å². The minimum absolute atomic E-state index is 0.113. The van der Waals surface area contributed by atoms with Gasteiger partial charge in [-0.05, 0) is 59.4 Å². The summed E-state index contributed by atoms with van der Waals surface area (Å²) in [6, 6.07) is 11.8. The Labute approximate surface area is 155 Å². The van der Waals surface area contributed by atoms with E-state index in [2.05, 4.69) is 37.3 Å². The monoisotopic (exact) mass is 372 g/mol. The molecular weight excluding hydrogens is 357 g/mol. The zero-order valence-electron chi connectivity index (χ0n) is 14.1. The summed E-state index contributed by atoms with van der Waals surface area (Å²) < 4.78 is 38.5. The van der Waals surface area contributed by atoms with Gasteiger partial charge in [0, 0.05) is 10.9 Å². The summed E-state index contributed by atoms with van der Waals surface area (Å²) in [6.45, 7) is 2.06. The second-order valence-corrected chi connectivity index (χ2v) is 7.18. The van der Waals surface area contributed by atoms with Gasteiger partial charge in [0.2, 0.25) is 0 Å². The largest absolute Gasteiger partial charge is 0.416 e. The molecule has 2 aromatic rings. The van der Waals surface area contributed by atoms with Crippen molar-refractivity contribution in [1.29, 1.82) is 0 Å². The second-order valence-electron chi connectivity index (χ2n) is 6.77. The summed E-state index contributed by atoms with van der Waals surface area (Å²) in [5.41, 5.74) is 5.99. The molecule has 1 unspecified atom stereocenters. The number of allylic oxidation sites excluding steroid dienone is 5. The van der Waals surface area contributed by atoms with Crippen molar-refractivity contribution < 1.29 is 13.2 Å². The zero-order chi connectivity index (χ0) is 18.5. The number of fused-ring (bicyclic) bond motifs is 3. The highest BCUT2D eigenvalue weighted by Crippen LogP contribution is 2.42. The first-order valence-corrected chi connectivity index (χ1v) is 8.78. The molecular formula is C22H16ClF3. The van der Waals surface area contributed by atoms with E-state index in [-0.39, 0.29) is 10.9 Å². The van der Waals surface area contributed by atoms with Gasteiger partial charge in [-0.25, -0.2) is 0 Å². The number of hydrogen-bond donors (Lipinski definition) is 0. The third kappa shape index (κ3) is 3.01. The van der Waals surface area contributed by atoms with E-state index in [0.29, 0.717) is 6.42 Å². The first kappa shape index (κ1) is 17.2. The Hall–Kier alpha value is -2.26. The molecule has 1 atom stereocenters. The van der Waals surface area contributed by atoms with Gasteiger partial charge < -0.3 is 0 Å². The minimum Gasteiger partial charge on any atom is -0.166 e. The Morgan fingerprint density at radius 3 is 2.54 bits per heavy atom. The molecule has 2 aliphatic carbocycles. The molecule has 0 saturated heterocycles. The van der Waals surface area contributed by atoms with Gasteiger partial charge in [0.1, 0.15) is 0 Å². The van der Waals surface area contributed by atoms with E-state index in [9.17, 15) is 13.2 Å². The molecule has 0 N–H and O–H groups in total. The van der Waals surface area contributed by atoms with Crippen molar-refractivity contribution in [2.75, 3.05) is 0 Å². The van der Waals surface area contributed by atoms with Gasteiger partial charge in [-0.1, -0.05) is 59.7 Å². The Kier molecular flexibility index (Phi) is 4.07. The molecule has 26 heavy (non-hydrogen) atoms. The van der Waals surface area contributed by atoms with Crippen LogP contribution in [0.5, 0.6) is 0 Å². The lowest BCUT2D eigenvalue weighted by atomic mass is 9.83. The molecule has 132 valence electrons. The lowest BCUT2D eigenvalue weighted by Gasteiger charge is -2.22. The van der Waals surface area contributed by atoms with Crippen molar-refractivity contribution in [2.45, 2.75) is 19.5 Å². The van der Waals surface area contributed by atoms with E-state index in [1.54, 1.807) is 0 Å². The molecule has 0 aliphatic heterocycles. The van der Waals surface area contributed by atoms with Crippen molar-refractivity contribution in [1.82, 2.24) is 0 Å². The van der Waals surface area contributed by atoms with E-state index in [4.69, 9.17) is 11.6 Å². The summed E-state index contributed by atoms with van der Waals surface area (Å²) in [7, 11) is 0. The Balaban J connectivity index is 1.65. The average Bonchev–Trinajstić information content (AvgIpc) is 2.93. The first-order chi connectivity index (χ1) is 12.3. The molecule has 0 radical (unpaired) electrons. The molecule has 4 heteroatoms. The maximum atomic E-state index is 12.8. The highest BCUT2D eigenvalue weighted by atomic mass is 35.5. The van der Waals surface area contributed by atoms with Crippen LogP contribution >= 0.6 is 11.6 Å². The summed E-state index contributed by atoms with van der Waals surface area (Å²) >= 11 is 6.14. The molecule has 0 fully saturated rings. The van der Waals surface area contributed by atoms with Crippen molar-refractivity contribution in [3.05, 3.63) is 93.0 Å².